The van der Waals surface area contributed by atoms with Crippen molar-refractivity contribution in [1.82, 2.24) is 4.98 Å². The van der Waals surface area contributed by atoms with Gasteiger partial charge in [0, 0.05) is 6.20 Å². The quantitative estimate of drug-likeness (QED) is 0.815. The van der Waals surface area contributed by atoms with E-state index in [1.807, 2.05) is 26.0 Å². The number of aromatic nitrogens is 1. The lowest BCUT2D eigenvalue weighted by molar-refractivity contribution is -0.128. The standard InChI is InChI=1S/C19H17N3O2/c1-13(2)19(24-17-9-4-3-7-14(17)11-20)18(23)15(12-21)16-8-5-6-10-22-16/h3-10,13,15,19H,1-2H3. The van der Waals surface area contributed by atoms with Crippen molar-refractivity contribution in [3.05, 3.63) is 59.9 Å². The molecule has 5 heteroatoms. The molecule has 2 rings (SSSR count). The fourth-order valence-corrected chi connectivity index (χ4v) is 2.31. The van der Waals surface area contributed by atoms with Gasteiger partial charge in [-0.05, 0) is 30.2 Å². The molecule has 2 atom stereocenters. The summed E-state index contributed by atoms with van der Waals surface area (Å²) in [4.78, 5) is 17.0. The maximum atomic E-state index is 12.8. The van der Waals surface area contributed by atoms with Gasteiger partial charge in [0.2, 0.25) is 0 Å². The topological polar surface area (TPSA) is 86.8 Å². The van der Waals surface area contributed by atoms with Crippen molar-refractivity contribution < 1.29 is 9.53 Å². The lowest BCUT2D eigenvalue weighted by atomic mass is 9.91. The molecular formula is C19H17N3O2. The van der Waals surface area contributed by atoms with Gasteiger partial charge in [0.1, 0.15) is 11.8 Å². The number of para-hydroxylation sites is 1. The van der Waals surface area contributed by atoms with Crippen LogP contribution in [0, 0.1) is 28.6 Å². The number of nitrogens with zero attached hydrogens (tertiary/aromatic N) is 3. The van der Waals surface area contributed by atoms with E-state index in [0.717, 1.165) is 0 Å². The molecule has 1 aromatic heterocycles. The second-order valence-electron chi connectivity index (χ2n) is 5.61. The minimum Gasteiger partial charge on any atom is -0.481 e. The Balaban J connectivity index is 2.32. The van der Waals surface area contributed by atoms with E-state index < -0.39 is 12.0 Å². The minimum atomic E-state index is -1.01. The molecular weight excluding hydrogens is 302 g/mol. The highest BCUT2D eigenvalue weighted by Gasteiger charge is 2.33. The van der Waals surface area contributed by atoms with Crippen LogP contribution in [-0.2, 0) is 4.79 Å². The van der Waals surface area contributed by atoms with Crippen molar-refractivity contribution in [2.24, 2.45) is 5.92 Å². The van der Waals surface area contributed by atoms with Crippen LogP contribution >= 0.6 is 0 Å². The van der Waals surface area contributed by atoms with Crippen LogP contribution in [0.25, 0.3) is 0 Å². The van der Waals surface area contributed by atoms with E-state index in [4.69, 9.17) is 10.00 Å². The fourth-order valence-electron chi connectivity index (χ4n) is 2.31. The highest BCUT2D eigenvalue weighted by molar-refractivity contribution is 5.92. The Labute approximate surface area is 141 Å². The number of Topliss-reactive ketones (excluding diaryl/α,β-unsaturated/α-hetero) is 1. The zero-order chi connectivity index (χ0) is 17.5. The molecule has 0 aliphatic carbocycles. The average Bonchev–Trinajstić information content (AvgIpc) is 2.61. The van der Waals surface area contributed by atoms with Crippen molar-refractivity contribution in [3.8, 4) is 17.9 Å². The molecule has 0 saturated carbocycles. The number of benzene rings is 1. The van der Waals surface area contributed by atoms with Crippen LogP contribution in [0.1, 0.15) is 31.0 Å². The molecule has 1 heterocycles. The van der Waals surface area contributed by atoms with Crippen LogP contribution in [0.4, 0.5) is 0 Å². The van der Waals surface area contributed by atoms with Crippen molar-refractivity contribution in [1.29, 1.82) is 10.5 Å². The monoisotopic (exact) mass is 319 g/mol. The minimum absolute atomic E-state index is 0.163. The molecule has 0 fully saturated rings. The summed E-state index contributed by atoms with van der Waals surface area (Å²) in [5, 5.41) is 18.6. The number of carbonyl (C=O) groups excluding carboxylic acids is 1. The van der Waals surface area contributed by atoms with Crippen LogP contribution in [0.3, 0.4) is 0 Å². The number of hydrogen-bond donors (Lipinski definition) is 0. The summed E-state index contributed by atoms with van der Waals surface area (Å²) in [7, 11) is 0. The molecule has 0 radical (unpaired) electrons. The van der Waals surface area contributed by atoms with Crippen LogP contribution in [0.5, 0.6) is 5.75 Å². The fraction of sp³-hybridized carbons (Fsp3) is 0.263. The molecule has 0 aliphatic heterocycles. The maximum absolute atomic E-state index is 12.8. The van der Waals surface area contributed by atoms with E-state index in [-0.39, 0.29) is 11.7 Å². The Kier molecular flexibility index (Phi) is 5.65. The molecule has 24 heavy (non-hydrogen) atoms. The number of rotatable bonds is 6. The van der Waals surface area contributed by atoms with Gasteiger partial charge < -0.3 is 4.74 Å². The molecule has 0 amide bonds. The predicted molar refractivity (Wildman–Crippen MR) is 88.0 cm³/mol. The smallest absolute Gasteiger partial charge is 0.196 e. The average molecular weight is 319 g/mol. The highest BCUT2D eigenvalue weighted by atomic mass is 16.5. The third-order valence-electron chi connectivity index (χ3n) is 3.54. The van der Waals surface area contributed by atoms with Crippen molar-refractivity contribution in [2.45, 2.75) is 25.9 Å². The SMILES string of the molecule is CC(C)C(Oc1ccccc1C#N)C(=O)C(C#N)c1ccccn1. The van der Waals surface area contributed by atoms with Gasteiger partial charge in [0.15, 0.2) is 17.8 Å². The molecule has 5 nitrogen and oxygen atoms in total. The van der Waals surface area contributed by atoms with Crippen molar-refractivity contribution >= 4 is 5.78 Å². The number of carbonyl (C=O) groups is 1. The van der Waals surface area contributed by atoms with Gasteiger partial charge in [-0.2, -0.15) is 10.5 Å². The lowest BCUT2D eigenvalue weighted by Crippen LogP contribution is -2.36. The zero-order valence-corrected chi connectivity index (χ0v) is 13.5. The van der Waals surface area contributed by atoms with Crippen molar-refractivity contribution in [3.63, 3.8) is 0 Å². The summed E-state index contributed by atoms with van der Waals surface area (Å²) in [6.07, 6.45) is 0.703. The van der Waals surface area contributed by atoms with Gasteiger partial charge in [-0.1, -0.05) is 32.0 Å². The number of ether oxygens (including phenoxy) is 1. The summed E-state index contributed by atoms with van der Waals surface area (Å²) in [5.41, 5.74) is 0.745. The number of nitriles is 2. The van der Waals surface area contributed by atoms with Gasteiger partial charge in [0.05, 0.1) is 17.3 Å². The largest absolute Gasteiger partial charge is 0.481 e. The second-order valence-corrected chi connectivity index (χ2v) is 5.61. The van der Waals surface area contributed by atoms with Gasteiger partial charge in [0.25, 0.3) is 0 Å². The number of hydrogen-bond acceptors (Lipinski definition) is 5. The first-order chi connectivity index (χ1) is 11.6. The summed E-state index contributed by atoms with van der Waals surface area (Å²) < 4.78 is 5.81. The summed E-state index contributed by atoms with van der Waals surface area (Å²) in [5.74, 6) is -1.19. The first kappa shape index (κ1) is 17.2. The Morgan fingerprint density at radius 3 is 2.42 bits per heavy atom. The van der Waals surface area contributed by atoms with E-state index in [2.05, 4.69) is 4.98 Å². The van der Waals surface area contributed by atoms with E-state index in [1.165, 1.54) is 0 Å². The molecule has 2 aromatic rings. The van der Waals surface area contributed by atoms with Crippen LogP contribution < -0.4 is 4.74 Å². The number of ketones is 1. The van der Waals surface area contributed by atoms with Gasteiger partial charge in [-0.25, -0.2) is 0 Å². The van der Waals surface area contributed by atoms with E-state index in [1.54, 1.807) is 48.7 Å². The zero-order valence-electron chi connectivity index (χ0n) is 13.5. The van der Waals surface area contributed by atoms with Gasteiger partial charge in [-0.3, -0.25) is 9.78 Å². The van der Waals surface area contributed by atoms with Crippen LogP contribution in [0.15, 0.2) is 48.7 Å². The first-order valence-corrected chi connectivity index (χ1v) is 7.58. The molecule has 0 N–H and O–H groups in total. The normalized spacial score (nSPS) is 12.7. The van der Waals surface area contributed by atoms with E-state index in [0.29, 0.717) is 17.0 Å². The summed E-state index contributed by atoms with van der Waals surface area (Å²) in [6.45, 7) is 3.68. The molecule has 0 aliphatic rings. The van der Waals surface area contributed by atoms with Gasteiger partial charge >= 0.3 is 0 Å². The maximum Gasteiger partial charge on any atom is 0.196 e. The molecule has 120 valence electrons. The van der Waals surface area contributed by atoms with E-state index >= 15 is 0 Å². The Morgan fingerprint density at radius 2 is 1.83 bits per heavy atom. The van der Waals surface area contributed by atoms with E-state index in [9.17, 15) is 10.1 Å². The van der Waals surface area contributed by atoms with Crippen molar-refractivity contribution in [2.75, 3.05) is 0 Å². The predicted octanol–water partition coefficient (Wildman–Crippen LogP) is 3.23. The second kappa shape index (κ2) is 7.89. The molecule has 2 unspecified atom stereocenters. The number of pyridine rings is 1. The Bertz CT molecular complexity index is 788. The molecule has 0 bridgehead atoms. The molecule has 1 aromatic carbocycles. The summed E-state index contributed by atoms with van der Waals surface area (Å²) in [6, 6.07) is 15.9. The molecule has 0 spiro atoms. The highest BCUT2D eigenvalue weighted by Crippen LogP contribution is 2.25. The van der Waals surface area contributed by atoms with Crippen LogP contribution in [-0.4, -0.2) is 16.9 Å². The first-order valence-electron chi connectivity index (χ1n) is 7.58. The Hall–Kier alpha value is -3.18. The Morgan fingerprint density at radius 1 is 1.12 bits per heavy atom. The molecule has 0 saturated heterocycles. The third kappa shape index (κ3) is 3.77. The third-order valence-corrected chi connectivity index (χ3v) is 3.54. The van der Waals surface area contributed by atoms with Gasteiger partial charge in [-0.15, -0.1) is 0 Å². The lowest BCUT2D eigenvalue weighted by Gasteiger charge is -2.23. The van der Waals surface area contributed by atoms with Crippen LogP contribution in [0.2, 0.25) is 0 Å². The summed E-state index contributed by atoms with van der Waals surface area (Å²) >= 11 is 0.